The van der Waals surface area contributed by atoms with E-state index in [0.29, 0.717) is 5.56 Å². The lowest BCUT2D eigenvalue weighted by Crippen LogP contribution is -2.58. The third kappa shape index (κ3) is 3.03. The van der Waals surface area contributed by atoms with Crippen LogP contribution in [0.25, 0.3) is 0 Å². The van der Waals surface area contributed by atoms with Gasteiger partial charge in [-0.1, -0.05) is 0 Å². The molecular weight excluding hydrogens is 396 g/mol. The van der Waals surface area contributed by atoms with Gasteiger partial charge in [0.15, 0.2) is 5.78 Å². The van der Waals surface area contributed by atoms with E-state index in [2.05, 4.69) is 0 Å². The first-order chi connectivity index (χ1) is 14.1. The number of aryl methyl sites for hydroxylation is 1. The van der Waals surface area contributed by atoms with E-state index in [0.717, 1.165) is 6.07 Å². The molecule has 1 saturated heterocycles. The van der Waals surface area contributed by atoms with Gasteiger partial charge in [0.25, 0.3) is 0 Å². The quantitative estimate of drug-likeness (QED) is 0.399. The van der Waals surface area contributed by atoms with Crippen molar-refractivity contribution in [2.45, 2.75) is 44.6 Å². The van der Waals surface area contributed by atoms with Crippen molar-refractivity contribution in [1.29, 1.82) is 0 Å². The smallest absolute Gasteiger partial charge is 0.229 e. The number of ether oxygens (including phenoxy) is 2. The summed E-state index contributed by atoms with van der Waals surface area (Å²) in [5.41, 5.74) is -0.00573. The first-order valence-electron chi connectivity index (χ1n) is 9.26. The topological polar surface area (TPSA) is 154 Å². The number of rotatable bonds is 2. The zero-order valence-corrected chi connectivity index (χ0v) is 16.1. The highest BCUT2D eigenvalue weighted by Gasteiger charge is 2.43. The lowest BCUT2D eigenvalue weighted by molar-refractivity contribution is -0.268. The van der Waals surface area contributed by atoms with E-state index in [1.807, 2.05) is 0 Å². The van der Waals surface area contributed by atoms with Crippen molar-refractivity contribution in [3.8, 4) is 17.2 Å². The average Bonchev–Trinajstić information content (AvgIpc) is 2.67. The number of benzene rings is 2. The molecule has 1 heterocycles. The maximum absolute atomic E-state index is 13.0. The van der Waals surface area contributed by atoms with Crippen molar-refractivity contribution >= 4 is 11.6 Å². The first kappa shape index (κ1) is 20.3. The van der Waals surface area contributed by atoms with Crippen LogP contribution in [0.1, 0.15) is 44.3 Å². The molecular formula is C21H20O9. The monoisotopic (exact) mass is 416 g/mol. The van der Waals surface area contributed by atoms with Crippen molar-refractivity contribution < 1.29 is 44.6 Å². The number of ketones is 2. The summed E-state index contributed by atoms with van der Waals surface area (Å²) in [6.45, 7) is 3.14. The minimum atomic E-state index is -1.59. The second kappa shape index (κ2) is 7.06. The lowest BCUT2D eigenvalue weighted by Gasteiger charge is -2.39. The molecule has 2 aliphatic rings. The highest BCUT2D eigenvalue weighted by molar-refractivity contribution is 6.30. The van der Waals surface area contributed by atoms with Crippen LogP contribution < -0.4 is 4.74 Å². The summed E-state index contributed by atoms with van der Waals surface area (Å²) >= 11 is 0. The summed E-state index contributed by atoms with van der Waals surface area (Å²) in [5.74, 6) is -2.29. The van der Waals surface area contributed by atoms with Gasteiger partial charge in [-0.3, -0.25) is 9.59 Å². The molecule has 0 spiro atoms. The van der Waals surface area contributed by atoms with Gasteiger partial charge in [-0.25, -0.2) is 0 Å². The van der Waals surface area contributed by atoms with Crippen LogP contribution in [0.5, 0.6) is 17.2 Å². The van der Waals surface area contributed by atoms with Gasteiger partial charge in [-0.05, 0) is 37.6 Å². The SMILES string of the molecule is Cc1cc(O)c2c(c1)C(=O)c1cc(OC3O[C@@H](C)[C@H](O)[C@@H](O)[C@H]3O)cc(O)c1C2=O. The van der Waals surface area contributed by atoms with Gasteiger partial charge in [0.1, 0.15) is 35.6 Å². The van der Waals surface area contributed by atoms with Crippen molar-refractivity contribution in [2.24, 2.45) is 0 Å². The summed E-state index contributed by atoms with van der Waals surface area (Å²) < 4.78 is 10.9. The summed E-state index contributed by atoms with van der Waals surface area (Å²) in [4.78, 5) is 25.8. The van der Waals surface area contributed by atoms with Gasteiger partial charge in [-0.15, -0.1) is 0 Å². The average molecular weight is 416 g/mol. The van der Waals surface area contributed by atoms with Crippen LogP contribution >= 0.6 is 0 Å². The Bertz CT molecular complexity index is 1060. The van der Waals surface area contributed by atoms with Gasteiger partial charge in [-0.2, -0.15) is 0 Å². The molecule has 1 aliphatic carbocycles. The third-order valence-corrected chi connectivity index (χ3v) is 5.36. The molecule has 2 aromatic rings. The van der Waals surface area contributed by atoms with Crippen LogP contribution in [-0.4, -0.2) is 67.8 Å². The van der Waals surface area contributed by atoms with Crippen molar-refractivity contribution in [1.82, 2.24) is 0 Å². The molecule has 0 amide bonds. The zero-order valence-electron chi connectivity index (χ0n) is 16.1. The lowest BCUT2D eigenvalue weighted by atomic mass is 9.82. The fourth-order valence-corrected chi connectivity index (χ4v) is 3.79. The van der Waals surface area contributed by atoms with Gasteiger partial charge in [0.2, 0.25) is 12.1 Å². The molecule has 5 N–H and O–H groups in total. The first-order valence-corrected chi connectivity index (χ1v) is 9.26. The number of fused-ring (bicyclic) bond motifs is 2. The van der Waals surface area contributed by atoms with E-state index in [1.54, 1.807) is 6.92 Å². The fourth-order valence-electron chi connectivity index (χ4n) is 3.79. The number of phenolic OH excluding ortho intramolecular Hbond substituents is 2. The van der Waals surface area contributed by atoms with E-state index in [-0.39, 0.29) is 33.8 Å². The summed E-state index contributed by atoms with van der Waals surface area (Å²) in [5, 5.41) is 50.4. The number of aliphatic hydroxyl groups is 3. The van der Waals surface area contributed by atoms with Gasteiger partial charge < -0.3 is 35.0 Å². The number of hydrogen-bond acceptors (Lipinski definition) is 9. The molecule has 9 heteroatoms. The Labute approximate surface area is 170 Å². The van der Waals surface area contributed by atoms with E-state index < -0.39 is 48.0 Å². The van der Waals surface area contributed by atoms with E-state index >= 15 is 0 Å². The molecule has 0 bridgehead atoms. The largest absolute Gasteiger partial charge is 0.507 e. The molecule has 0 radical (unpaired) electrons. The summed E-state index contributed by atoms with van der Waals surface area (Å²) in [6, 6.07) is 5.11. The highest BCUT2D eigenvalue weighted by Crippen LogP contribution is 2.40. The number of aromatic hydroxyl groups is 2. The van der Waals surface area contributed by atoms with Crippen LogP contribution in [0, 0.1) is 6.92 Å². The number of carbonyl (C=O) groups is 2. The number of carbonyl (C=O) groups excluding carboxylic acids is 2. The predicted octanol–water partition coefficient (Wildman–Crippen LogP) is 0.388. The normalized spacial score (nSPS) is 28.1. The minimum absolute atomic E-state index is 0.00247. The van der Waals surface area contributed by atoms with E-state index in [1.165, 1.54) is 25.1 Å². The van der Waals surface area contributed by atoms with Crippen molar-refractivity contribution in [2.75, 3.05) is 0 Å². The Morgan fingerprint density at radius 1 is 0.833 bits per heavy atom. The molecule has 0 aromatic heterocycles. The molecule has 30 heavy (non-hydrogen) atoms. The van der Waals surface area contributed by atoms with Gasteiger partial charge in [0, 0.05) is 17.2 Å². The predicted molar refractivity (Wildman–Crippen MR) is 101 cm³/mol. The molecule has 9 nitrogen and oxygen atoms in total. The third-order valence-electron chi connectivity index (χ3n) is 5.36. The molecule has 2 aromatic carbocycles. The Morgan fingerprint density at radius 3 is 2.10 bits per heavy atom. The molecule has 4 rings (SSSR count). The van der Waals surface area contributed by atoms with Gasteiger partial charge >= 0.3 is 0 Å². The van der Waals surface area contributed by atoms with Crippen LogP contribution in [-0.2, 0) is 4.74 Å². The van der Waals surface area contributed by atoms with E-state index in [4.69, 9.17) is 9.47 Å². The number of aliphatic hydroxyl groups excluding tert-OH is 3. The summed E-state index contributed by atoms with van der Waals surface area (Å²) in [7, 11) is 0. The Morgan fingerprint density at radius 2 is 1.43 bits per heavy atom. The van der Waals surface area contributed by atoms with Crippen molar-refractivity contribution in [3.63, 3.8) is 0 Å². The highest BCUT2D eigenvalue weighted by atomic mass is 16.7. The Kier molecular flexibility index (Phi) is 4.78. The molecule has 0 saturated carbocycles. The second-order valence-electron chi connectivity index (χ2n) is 7.53. The van der Waals surface area contributed by atoms with Crippen LogP contribution in [0.3, 0.4) is 0 Å². The maximum Gasteiger partial charge on any atom is 0.229 e. The fraction of sp³-hybridized carbons (Fsp3) is 0.333. The van der Waals surface area contributed by atoms with Crippen molar-refractivity contribution in [3.05, 3.63) is 52.1 Å². The standard InChI is InChI=1S/C21H20O9/c1-7-3-10-14(12(22)4-7)18(26)15-11(17(10)25)5-9(6-13(15)23)30-21-20(28)19(27)16(24)8(2)29-21/h3-6,8,16,19-24,27-28H,1-2H3/t8-,16-,19+,20+,21?/m0/s1. The summed E-state index contributed by atoms with van der Waals surface area (Å²) in [6.07, 6.45) is -6.66. The zero-order chi connectivity index (χ0) is 21.9. The molecule has 1 unspecified atom stereocenters. The molecule has 1 fully saturated rings. The van der Waals surface area contributed by atoms with Crippen LogP contribution in [0.2, 0.25) is 0 Å². The van der Waals surface area contributed by atoms with Crippen LogP contribution in [0.4, 0.5) is 0 Å². The second-order valence-corrected chi connectivity index (χ2v) is 7.53. The Hall–Kier alpha value is -2.98. The van der Waals surface area contributed by atoms with Gasteiger partial charge in [0.05, 0.1) is 17.2 Å². The number of phenols is 2. The minimum Gasteiger partial charge on any atom is -0.507 e. The van der Waals surface area contributed by atoms with E-state index in [9.17, 15) is 35.1 Å². The molecule has 1 aliphatic heterocycles. The molecule has 5 atom stereocenters. The molecule has 158 valence electrons. The maximum atomic E-state index is 13.0. The Balaban J connectivity index is 1.73. The number of hydrogen-bond donors (Lipinski definition) is 5. The van der Waals surface area contributed by atoms with Crippen LogP contribution in [0.15, 0.2) is 24.3 Å².